The standard InChI is InChI=1S/C16H18N2O3/c1-11(19)18-14-5-3-4-6-15(14)21-16-9-13(20-2)8-7-12(16)10-17/h3-9H,10,17H2,1-2H3,(H,18,19). The molecule has 2 aromatic rings. The minimum atomic E-state index is -0.157. The number of ether oxygens (including phenoxy) is 2. The first-order valence-electron chi connectivity index (χ1n) is 6.55. The highest BCUT2D eigenvalue weighted by molar-refractivity contribution is 5.90. The topological polar surface area (TPSA) is 73.6 Å². The monoisotopic (exact) mass is 286 g/mol. The lowest BCUT2D eigenvalue weighted by Crippen LogP contribution is -2.07. The number of nitrogens with two attached hydrogens (primary N) is 1. The predicted molar refractivity (Wildman–Crippen MR) is 81.7 cm³/mol. The van der Waals surface area contributed by atoms with Crippen LogP contribution in [0.15, 0.2) is 42.5 Å². The summed E-state index contributed by atoms with van der Waals surface area (Å²) in [6, 6.07) is 12.7. The van der Waals surface area contributed by atoms with Crippen molar-refractivity contribution in [3.63, 3.8) is 0 Å². The van der Waals surface area contributed by atoms with Crippen molar-refractivity contribution in [1.29, 1.82) is 0 Å². The molecule has 21 heavy (non-hydrogen) atoms. The third-order valence-electron chi connectivity index (χ3n) is 2.91. The lowest BCUT2D eigenvalue weighted by molar-refractivity contribution is -0.114. The second kappa shape index (κ2) is 6.76. The zero-order valence-electron chi connectivity index (χ0n) is 12.1. The van der Waals surface area contributed by atoms with Crippen LogP contribution in [0.3, 0.4) is 0 Å². The third kappa shape index (κ3) is 3.73. The quantitative estimate of drug-likeness (QED) is 0.886. The molecule has 0 aromatic heterocycles. The van der Waals surface area contributed by atoms with Gasteiger partial charge in [-0.1, -0.05) is 18.2 Å². The number of nitrogens with one attached hydrogen (secondary N) is 1. The van der Waals surface area contributed by atoms with Gasteiger partial charge in [0.2, 0.25) is 5.91 Å². The van der Waals surface area contributed by atoms with Crippen LogP contribution in [0.1, 0.15) is 12.5 Å². The summed E-state index contributed by atoms with van der Waals surface area (Å²) in [4.78, 5) is 11.2. The fourth-order valence-electron chi connectivity index (χ4n) is 1.89. The maximum Gasteiger partial charge on any atom is 0.221 e. The van der Waals surface area contributed by atoms with E-state index in [2.05, 4.69) is 5.32 Å². The van der Waals surface area contributed by atoms with Gasteiger partial charge in [-0.15, -0.1) is 0 Å². The normalized spacial score (nSPS) is 10.0. The molecule has 0 saturated heterocycles. The molecule has 0 spiro atoms. The Hall–Kier alpha value is -2.53. The number of hydrogen-bond donors (Lipinski definition) is 2. The van der Waals surface area contributed by atoms with Gasteiger partial charge >= 0.3 is 0 Å². The van der Waals surface area contributed by atoms with E-state index in [0.717, 1.165) is 5.56 Å². The van der Waals surface area contributed by atoms with Crippen LogP contribution in [-0.2, 0) is 11.3 Å². The molecule has 1 amide bonds. The zero-order valence-corrected chi connectivity index (χ0v) is 12.1. The summed E-state index contributed by atoms with van der Waals surface area (Å²) in [5.41, 5.74) is 7.19. The number of anilines is 1. The van der Waals surface area contributed by atoms with Gasteiger partial charge in [-0.05, 0) is 18.2 Å². The lowest BCUT2D eigenvalue weighted by Gasteiger charge is -2.14. The molecule has 2 aromatic carbocycles. The van der Waals surface area contributed by atoms with E-state index < -0.39 is 0 Å². The molecule has 0 aliphatic rings. The third-order valence-corrected chi connectivity index (χ3v) is 2.91. The van der Waals surface area contributed by atoms with E-state index in [1.54, 1.807) is 25.3 Å². The summed E-state index contributed by atoms with van der Waals surface area (Å²) in [5, 5.41) is 2.73. The van der Waals surface area contributed by atoms with E-state index in [4.69, 9.17) is 15.2 Å². The van der Waals surface area contributed by atoms with E-state index in [1.165, 1.54) is 6.92 Å². The molecule has 3 N–H and O–H groups in total. The van der Waals surface area contributed by atoms with Crippen LogP contribution in [0.2, 0.25) is 0 Å². The van der Waals surface area contributed by atoms with Crippen molar-refractivity contribution in [1.82, 2.24) is 0 Å². The molecular weight excluding hydrogens is 268 g/mol. The minimum absolute atomic E-state index is 0.157. The molecule has 0 unspecified atom stereocenters. The van der Waals surface area contributed by atoms with Crippen LogP contribution < -0.4 is 20.5 Å². The van der Waals surface area contributed by atoms with Crippen molar-refractivity contribution in [2.75, 3.05) is 12.4 Å². The van der Waals surface area contributed by atoms with Gasteiger partial charge in [-0.2, -0.15) is 0 Å². The smallest absolute Gasteiger partial charge is 0.221 e. The maximum absolute atomic E-state index is 11.2. The van der Waals surface area contributed by atoms with Gasteiger partial charge in [0.15, 0.2) is 5.75 Å². The van der Waals surface area contributed by atoms with E-state index in [1.807, 2.05) is 24.3 Å². The molecule has 0 atom stereocenters. The molecule has 5 heteroatoms. The van der Waals surface area contributed by atoms with Gasteiger partial charge < -0.3 is 20.5 Å². The number of rotatable bonds is 5. The highest BCUT2D eigenvalue weighted by Crippen LogP contribution is 2.33. The molecule has 2 rings (SSSR count). The first-order valence-corrected chi connectivity index (χ1v) is 6.55. The van der Waals surface area contributed by atoms with Crippen LogP contribution in [0.5, 0.6) is 17.2 Å². The Labute approximate surface area is 123 Å². The number of carbonyl (C=O) groups excluding carboxylic acids is 1. The van der Waals surface area contributed by atoms with Crippen molar-refractivity contribution in [2.45, 2.75) is 13.5 Å². The number of carbonyl (C=O) groups is 1. The predicted octanol–water partition coefficient (Wildman–Crippen LogP) is 2.90. The number of hydrogen-bond acceptors (Lipinski definition) is 4. The number of amides is 1. The van der Waals surface area contributed by atoms with Crippen molar-refractivity contribution < 1.29 is 14.3 Å². The molecular formula is C16H18N2O3. The van der Waals surface area contributed by atoms with Gasteiger partial charge in [-0.3, -0.25) is 4.79 Å². The second-order valence-corrected chi connectivity index (χ2v) is 4.46. The van der Waals surface area contributed by atoms with E-state index in [9.17, 15) is 4.79 Å². The fraction of sp³-hybridized carbons (Fsp3) is 0.188. The Morgan fingerprint density at radius 1 is 1.19 bits per heavy atom. The van der Waals surface area contributed by atoms with Crippen LogP contribution >= 0.6 is 0 Å². The van der Waals surface area contributed by atoms with Gasteiger partial charge in [0.25, 0.3) is 0 Å². The van der Waals surface area contributed by atoms with Gasteiger partial charge in [0.05, 0.1) is 12.8 Å². The first-order chi connectivity index (χ1) is 10.1. The molecule has 0 aliphatic heterocycles. The van der Waals surface area contributed by atoms with E-state index in [-0.39, 0.29) is 5.91 Å². The highest BCUT2D eigenvalue weighted by Gasteiger charge is 2.10. The molecule has 0 heterocycles. The Balaban J connectivity index is 2.35. The first kappa shape index (κ1) is 14.9. The summed E-state index contributed by atoms with van der Waals surface area (Å²) in [6.07, 6.45) is 0. The van der Waals surface area contributed by atoms with Crippen LogP contribution in [0, 0.1) is 0 Å². The molecule has 0 fully saturated rings. The summed E-state index contributed by atoms with van der Waals surface area (Å²) in [6.45, 7) is 1.80. The molecule has 0 aliphatic carbocycles. The summed E-state index contributed by atoms with van der Waals surface area (Å²) < 4.78 is 11.1. The van der Waals surface area contributed by atoms with Gasteiger partial charge in [0.1, 0.15) is 11.5 Å². The van der Waals surface area contributed by atoms with Crippen LogP contribution in [0.25, 0.3) is 0 Å². The van der Waals surface area contributed by atoms with Crippen molar-refractivity contribution >= 4 is 11.6 Å². The second-order valence-electron chi connectivity index (χ2n) is 4.46. The zero-order chi connectivity index (χ0) is 15.2. The van der Waals surface area contributed by atoms with Crippen LogP contribution in [-0.4, -0.2) is 13.0 Å². The number of para-hydroxylation sites is 2. The fourth-order valence-corrected chi connectivity index (χ4v) is 1.89. The SMILES string of the molecule is COc1ccc(CN)c(Oc2ccccc2NC(C)=O)c1. The van der Waals surface area contributed by atoms with E-state index in [0.29, 0.717) is 29.5 Å². The summed E-state index contributed by atoms with van der Waals surface area (Å²) in [5.74, 6) is 1.68. The minimum Gasteiger partial charge on any atom is -0.497 e. The summed E-state index contributed by atoms with van der Waals surface area (Å²) in [7, 11) is 1.59. The van der Waals surface area contributed by atoms with Crippen molar-refractivity contribution in [2.24, 2.45) is 5.73 Å². The molecule has 0 bridgehead atoms. The van der Waals surface area contributed by atoms with Gasteiger partial charge in [-0.25, -0.2) is 0 Å². The Bertz CT molecular complexity index is 641. The van der Waals surface area contributed by atoms with Crippen LogP contribution in [0.4, 0.5) is 5.69 Å². The van der Waals surface area contributed by atoms with Gasteiger partial charge in [0, 0.05) is 25.1 Å². The van der Waals surface area contributed by atoms with Crippen molar-refractivity contribution in [3.05, 3.63) is 48.0 Å². The Kier molecular flexibility index (Phi) is 4.79. The molecule has 5 nitrogen and oxygen atoms in total. The van der Waals surface area contributed by atoms with Crippen molar-refractivity contribution in [3.8, 4) is 17.2 Å². The highest BCUT2D eigenvalue weighted by atomic mass is 16.5. The molecule has 0 radical (unpaired) electrons. The lowest BCUT2D eigenvalue weighted by atomic mass is 10.2. The maximum atomic E-state index is 11.2. The Morgan fingerprint density at radius 3 is 2.62 bits per heavy atom. The average molecular weight is 286 g/mol. The Morgan fingerprint density at radius 2 is 1.95 bits per heavy atom. The molecule has 110 valence electrons. The number of methoxy groups -OCH3 is 1. The molecule has 0 saturated carbocycles. The summed E-state index contributed by atoms with van der Waals surface area (Å²) >= 11 is 0. The average Bonchev–Trinajstić information content (AvgIpc) is 2.48. The number of benzene rings is 2. The largest absolute Gasteiger partial charge is 0.497 e. The van der Waals surface area contributed by atoms with E-state index >= 15 is 0 Å².